The van der Waals surface area contributed by atoms with Crippen LogP contribution in [-0.2, 0) is 4.79 Å². The van der Waals surface area contributed by atoms with Gasteiger partial charge in [-0.1, -0.05) is 6.07 Å². The number of rotatable bonds is 4. The third kappa shape index (κ3) is 2.99. The van der Waals surface area contributed by atoms with Gasteiger partial charge in [-0.15, -0.1) is 0 Å². The number of nitrogens with one attached hydrogen (secondary N) is 1. The van der Waals surface area contributed by atoms with Crippen molar-refractivity contribution in [3.05, 3.63) is 23.3 Å². The highest BCUT2D eigenvalue weighted by Crippen LogP contribution is 2.30. The summed E-state index contributed by atoms with van der Waals surface area (Å²) in [5.74, 6) is -0.0255. The lowest BCUT2D eigenvalue weighted by atomic mass is 10.1. The van der Waals surface area contributed by atoms with Gasteiger partial charge >= 0.3 is 0 Å². The summed E-state index contributed by atoms with van der Waals surface area (Å²) in [6, 6.07) is 4.03. The molecule has 1 rings (SSSR count). The highest BCUT2D eigenvalue weighted by Gasteiger charge is 2.12. The van der Waals surface area contributed by atoms with Crippen LogP contribution in [0.15, 0.2) is 12.1 Å². The van der Waals surface area contributed by atoms with Crippen LogP contribution in [0.3, 0.4) is 0 Å². The van der Waals surface area contributed by atoms with Gasteiger partial charge in [-0.3, -0.25) is 4.79 Å². The molecule has 0 aliphatic carbocycles. The van der Waals surface area contributed by atoms with Crippen molar-refractivity contribution in [2.45, 2.75) is 34.6 Å². The van der Waals surface area contributed by atoms with E-state index in [4.69, 9.17) is 0 Å². The predicted molar refractivity (Wildman–Crippen MR) is 73.8 cm³/mol. The molecule has 3 heteroatoms. The fourth-order valence-corrected chi connectivity index (χ4v) is 2.19. The summed E-state index contributed by atoms with van der Waals surface area (Å²) in [6.45, 7) is 11.9. The highest BCUT2D eigenvalue weighted by atomic mass is 16.1. The molecular weight excluding hydrogens is 212 g/mol. The van der Waals surface area contributed by atoms with E-state index in [2.05, 4.69) is 44.0 Å². The van der Waals surface area contributed by atoms with Crippen molar-refractivity contribution >= 4 is 17.3 Å². The standard InChI is InChI=1S/C14H22N2O/c1-6-16(7-2)14-10(3)8-9-13(11(14)4)15-12(5)17/h8-9H,6-7H2,1-5H3,(H,15,17). The molecule has 3 nitrogen and oxygen atoms in total. The van der Waals surface area contributed by atoms with E-state index in [1.165, 1.54) is 18.2 Å². The molecule has 1 amide bonds. The normalized spacial score (nSPS) is 10.2. The zero-order valence-corrected chi connectivity index (χ0v) is 11.4. The maximum atomic E-state index is 11.1. The Hall–Kier alpha value is -1.51. The molecule has 0 aliphatic heterocycles. The Labute approximate surface area is 104 Å². The summed E-state index contributed by atoms with van der Waals surface area (Å²) in [7, 11) is 0. The Balaban J connectivity index is 3.23. The van der Waals surface area contributed by atoms with Crippen LogP contribution in [0.5, 0.6) is 0 Å². The molecular formula is C14H22N2O. The average molecular weight is 234 g/mol. The molecule has 0 atom stereocenters. The highest BCUT2D eigenvalue weighted by molar-refractivity contribution is 5.91. The first-order valence-corrected chi connectivity index (χ1v) is 6.14. The number of hydrogen-bond donors (Lipinski definition) is 1. The Morgan fingerprint density at radius 2 is 1.82 bits per heavy atom. The molecule has 17 heavy (non-hydrogen) atoms. The molecule has 1 N–H and O–H groups in total. The molecule has 0 saturated heterocycles. The van der Waals surface area contributed by atoms with E-state index in [1.807, 2.05) is 6.07 Å². The maximum absolute atomic E-state index is 11.1. The van der Waals surface area contributed by atoms with E-state index in [-0.39, 0.29) is 5.91 Å². The van der Waals surface area contributed by atoms with Crippen LogP contribution >= 0.6 is 0 Å². The quantitative estimate of drug-likeness (QED) is 0.868. The first-order valence-electron chi connectivity index (χ1n) is 6.14. The minimum Gasteiger partial charge on any atom is -0.372 e. The van der Waals surface area contributed by atoms with Crippen molar-refractivity contribution in [1.29, 1.82) is 0 Å². The Morgan fingerprint density at radius 3 is 2.29 bits per heavy atom. The Bertz CT molecular complexity index is 409. The lowest BCUT2D eigenvalue weighted by Crippen LogP contribution is -2.24. The van der Waals surface area contributed by atoms with Crippen LogP contribution in [0.25, 0.3) is 0 Å². The number of carbonyl (C=O) groups excluding carboxylic acids is 1. The number of nitrogens with zero attached hydrogens (tertiary/aromatic N) is 1. The van der Waals surface area contributed by atoms with Crippen molar-refractivity contribution in [3.8, 4) is 0 Å². The average Bonchev–Trinajstić information content (AvgIpc) is 2.28. The van der Waals surface area contributed by atoms with Crippen LogP contribution in [0.4, 0.5) is 11.4 Å². The molecule has 0 heterocycles. The molecule has 1 aromatic rings. The van der Waals surface area contributed by atoms with Gasteiger partial charge < -0.3 is 10.2 Å². The van der Waals surface area contributed by atoms with E-state index in [1.54, 1.807) is 0 Å². The van der Waals surface area contributed by atoms with E-state index < -0.39 is 0 Å². The van der Waals surface area contributed by atoms with Crippen molar-refractivity contribution in [1.82, 2.24) is 0 Å². The van der Waals surface area contributed by atoms with Crippen molar-refractivity contribution in [2.24, 2.45) is 0 Å². The summed E-state index contributed by atoms with van der Waals surface area (Å²) in [5, 5.41) is 2.88. The van der Waals surface area contributed by atoms with Gasteiger partial charge in [0.25, 0.3) is 0 Å². The van der Waals surface area contributed by atoms with Crippen LogP contribution in [-0.4, -0.2) is 19.0 Å². The third-order valence-electron chi connectivity index (χ3n) is 3.02. The van der Waals surface area contributed by atoms with Crippen LogP contribution in [0.1, 0.15) is 31.9 Å². The fraction of sp³-hybridized carbons (Fsp3) is 0.500. The summed E-state index contributed by atoms with van der Waals surface area (Å²) < 4.78 is 0. The molecule has 0 spiro atoms. The number of carbonyl (C=O) groups is 1. The van der Waals surface area contributed by atoms with Gasteiger partial charge in [0.05, 0.1) is 0 Å². The second-order valence-electron chi connectivity index (χ2n) is 4.26. The first-order chi connectivity index (χ1) is 8.01. The van der Waals surface area contributed by atoms with Gasteiger partial charge in [0, 0.05) is 31.4 Å². The number of aryl methyl sites for hydroxylation is 1. The van der Waals surface area contributed by atoms with E-state index in [9.17, 15) is 4.79 Å². The lowest BCUT2D eigenvalue weighted by molar-refractivity contribution is -0.114. The molecule has 0 aliphatic rings. The van der Waals surface area contributed by atoms with E-state index in [0.717, 1.165) is 24.3 Å². The predicted octanol–water partition coefficient (Wildman–Crippen LogP) is 3.11. The second-order valence-corrected chi connectivity index (χ2v) is 4.26. The van der Waals surface area contributed by atoms with E-state index in [0.29, 0.717) is 0 Å². The second kappa shape index (κ2) is 5.71. The van der Waals surface area contributed by atoms with Crippen molar-refractivity contribution in [3.63, 3.8) is 0 Å². The van der Waals surface area contributed by atoms with Gasteiger partial charge in [0.2, 0.25) is 5.91 Å². The maximum Gasteiger partial charge on any atom is 0.221 e. The summed E-state index contributed by atoms with van der Waals surface area (Å²) in [6.07, 6.45) is 0. The largest absolute Gasteiger partial charge is 0.372 e. The number of amides is 1. The topological polar surface area (TPSA) is 32.3 Å². The van der Waals surface area contributed by atoms with Crippen LogP contribution < -0.4 is 10.2 Å². The van der Waals surface area contributed by atoms with Crippen LogP contribution in [0.2, 0.25) is 0 Å². The Kier molecular flexibility index (Phi) is 4.55. The van der Waals surface area contributed by atoms with Gasteiger partial charge in [0.1, 0.15) is 0 Å². The fourth-order valence-electron chi connectivity index (χ4n) is 2.19. The molecule has 0 unspecified atom stereocenters. The van der Waals surface area contributed by atoms with Crippen molar-refractivity contribution in [2.75, 3.05) is 23.3 Å². The molecule has 0 bridgehead atoms. The SMILES string of the molecule is CCN(CC)c1c(C)ccc(NC(C)=O)c1C. The monoisotopic (exact) mass is 234 g/mol. The minimum absolute atomic E-state index is 0.0255. The Morgan fingerprint density at radius 1 is 1.24 bits per heavy atom. The summed E-state index contributed by atoms with van der Waals surface area (Å²) in [4.78, 5) is 13.5. The van der Waals surface area contributed by atoms with Gasteiger partial charge in [0.15, 0.2) is 0 Å². The zero-order chi connectivity index (χ0) is 13.0. The molecule has 0 aromatic heterocycles. The number of hydrogen-bond acceptors (Lipinski definition) is 2. The smallest absolute Gasteiger partial charge is 0.221 e. The van der Waals surface area contributed by atoms with Gasteiger partial charge in [-0.05, 0) is 44.9 Å². The number of anilines is 2. The molecule has 0 radical (unpaired) electrons. The third-order valence-corrected chi connectivity index (χ3v) is 3.02. The van der Waals surface area contributed by atoms with Crippen LogP contribution in [0, 0.1) is 13.8 Å². The first kappa shape index (κ1) is 13.6. The van der Waals surface area contributed by atoms with Gasteiger partial charge in [-0.2, -0.15) is 0 Å². The van der Waals surface area contributed by atoms with Gasteiger partial charge in [-0.25, -0.2) is 0 Å². The summed E-state index contributed by atoms with van der Waals surface area (Å²) >= 11 is 0. The lowest BCUT2D eigenvalue weighted by Gasteiger charge is -2.26. The molecule has 0 fully saturated rings. The minimum atomic E-state index is -0.0255. The van der Waals surface area contributed by atoms with Crippen molar-refractivity contribution < 1.29 is 4.79 Å². The number of benzene rings is 1. The summed E-state index contributed by atoms with van der Waals surface area (Å²) in [5.41, 5.74) is 4.54. The molecule has 0 saturated carbocycles. The molecule has 94 valence electrons. The zero-order valence-electron chi connectivity index (χ0n) is 11.4. The van der Waals surface area contributed by atoms with E-state index >= 15 is 0 Å². The molecule has 1 aromatic carbocycles.